The van der Waals surface area contributed by atoms with E-state index >= 15 is 0 Å². The van der Waals surface area contributed by atoms with Gasteiger partial charge in [0.2, 0.25) is 0 Å². The van der Waals surface area contributed by atoms with Crippen LogP contribution in [-0.2, 0) is 0 Å². The summed E-state index contributed by atoms with van der Waals surface area (Å²) in [5.41, 5.74) is 0. The third-order valence-electron chi connectivity index (χ3n) is 2.77. The Labute approximate surface area is 82.3 Å². The van der Waals surface area contributed by atoms with Crippen LogP contribution in [-0.4, -0.2) is 29.3 Å². The Balaban J connectivity index is 1.64. The zero-order valence-electron chi connectivity index (χ0n) is 7.99. The van der Waals surface area contributed by atoms with Crippen LogP contribution in [0.2, 0.25) is 0 Å². The zero-order chi connectivity index (χ0) is 9.38. The van der Waals surface area contributed by atoms with Crippen LogP contribution in [0.3, 0.4) is 0 Å². The summed E-state index contributed by atoms with van der Waals surface area (Å²) in [6.07, 6.45) is 3.55. The van der Waals surface area contributed by atoms with Gasteiger partial charge < -0.3 is 15.2 Å². The Morgan fingerprint density at radius 3 is 3.00 bits per heavy atom. The second kappa shape index (κ2) is 3.24. The fourth-order valence-corrected chi connectivity index (χ4v) is 1.75. The minimum absolute atomic E-state index is 0.447. The zero-order valence-corrected chi connectivity index (χ0v) is 7.99. The van der Waals surface area contributed by atoms with Crippen LogP contribution in [0, 0.1) is 0 Å². The number of hydrogen-bond donors (Lipinski definition) is 2. The molecule has 0 radical (unpaired) electrons. The Morgan fingerprint density at radius 2 is 2.29 bits per heavy atom. The number of nitrogens with zero attached hydrogens (tertiary/aromatic N) is 2. The van der Waals surface area contributed by atoms with Gasteiger partial charge in [0.05, 0.1) is 0 Å². The summed E-state index contributed by atoms with van der Waals surface area (Å²) in [7, 11) is 0. The summed E-state index contributed by atoms with van der Waals surface area (Å²) in [4.78, 5) is 4.32. The normalized spacial score (nSPS) is 26.7. The van der Waals surface area contributed by atoms with Gasteiger partial charge in [-0.15, -0.1) is 0 Å². The highest BCUT2D eigenvalue weighted by molar-refractivity contribution is 5.23. The van der Waals surface area contributed by atoms with E-state index < -0.39 is 0 Å². The average Bonchev–Trinajstić information content (AvgIpc) is 2.75. The van der Waals surface area contributed by atoms with Gasteiger partial charge in [-0.2, -0.15) is 4.98 Å². The molecule has 1 aliphatic carbocycles. The number of hydrogen-bond acceptors (Lipinski definition) is 5. The van der Waals surface area contributed by atoms with E-state index in [2.05, 4.69) is 20.8 Å². The highest BCUT2D eigenvalue weighted by atomic mass is 16.5. The van der Waals surface area contributed by atoms with Gasteiger partial charge in [0.25, 0.3) is 0 Å². The molecule has 3 rings (SSSR count). The minimum atomic E-state index is 0.447. The molecule has 76 valence electrons. The monoisotopic (exact) mass is 194 g/mol. The predicted octanol–water partition coefficient (Wildman–Crippen LogP) is 0.721. The summed E-state index contributed by atoms with van der Waals surface area (Å²) in [5.74, 6) is 1.44. The van der Waals surface area contributed by atoms with Crippen molar-refractivity contribution in [2.75, 3.05) is 18.4 Å². The standard InChI is InChI=1S/C9H14N4O/c1-2-6(1)8-12-9(14-13-8)11-7-3-4-10-5-7/h6-7,10H,1-5H2,(H,11,12,13). The van der Waals surface area contributed by atoms with Crippen molar-refractivity contribution in [2.24, 2.45) is 0 Å². The van der Waals surface area contributed by atoms with Crippen LogP contribution in [0.4, 0.5) is 6.01 Å². The molecule has 2 N–H and O–H groups in total. The topological polar surface area (TPSA) is 63.0 Å². The maximum atomic E-state index is 5.13. The first-order chi connectivity index (χ1) is 6.92. The molecule has 1 aromatic rings. The molecule has 0 bridgehead atoms. The number of anilines is 1. The van der Waals surface area contributed by atoms with Crippen LogP contribution in [0.1, 0.15) is 31.0 Å². The van der Waals surface area contributed by atoms with E-state index in [4.69, 9.17) is 4.52 Å². The van der Waals surface area contributed by atoms with Gasteiger partial charge in [0.15, 0.2) is 5.82 Å². The molecule has 0 amide bonds. The van der Waals surface area contributed by atoms with Crippen molar-refractivity contribution >= 4 is 6.01 Å². The van der Waals surface area contributed by atoms with Gasteiger partial charge in [-0.1, -0.05) is 5.16 Å². The lowest BCUT2D eigenvalue weighted by Gasteiger charge is -2.06. The molecule has 1 aliphatic heterocycles. The smallest absolute Gasteiger partial charge is 0.321 e. The van der Waals surface area contributed by atoms with Crippen molar-refractivity contribution in [2.45, 2.75) is 31.2 Å². The molecule has 2 fully saturated rings. The van der Waals surface area contributed by atoms with E-state index in [1.807, 2.05) is 0 Å². The molecule has 14 heavy (non-hydrogen) atoms. The molecular formula is C9H14N4O. The summed E-state index contributed by atoms with van der Waals surface area (Å²) in [6, 6.07) is 1.03. The Bertz CT molecular complexity index is 314. The second-order valence-electron chi connectivity index (χ2n) is 4.07. The van der Waals surface area contributed by atoms with Crippen LogP contribution >= 0.6 is 0 Å². The number of nitrogens with one attached hydrogen (secondary N) is 2. The molecule has 1 aromatic heterocycles. The van der Waals surface area contributed by atoms with E-state index in [0.29, 0.717) is 18.0 Å². The van der Waals surface area contributed by atoms with Gasteiger partial charge in [-0.05, 0) is 25.8 Å². The highest BCUT2D eigenvalue weighted by Gasteiger charge is 2.29. The molecule has 1 unspecified atom stereocenters. The fraction of sp³-hybridized carbons (Fsp3) is 0.778. The van der Waals surface area contributed by atoms with Crippen molar-refractivity contribution in [1.82, 2.24) is 15.5 Å². The lowest BCUT2D eigenvalue weighted by atomic mass is 10.3. The molecule has 1 atom stereocenters. The first-order valence-corrected chi connectivity index (χ1v) is 5.22. The first-order valence-electron chi connectivity index (χ1n) is 5.22. The van der Waals surface area contributed by atoms with Crippen LogP contribution in [0.15, 0.2) is 4.52 Å². The molecule has 2 aliphatic rings. The third kappa shape index (κ3) is 1.59. The number of rotatable bonds is 3. The third-order valence-corrected chi connectivity index (χ3v) is 2.77. The van der Waals surface area contributed by atoms with E-state index in [9.17, 15) is 0 Å². The van der Waals surface area contributed by atoms with Crippen molar-refractivity contribution in [1.29, 1.82) is 0 Å². The molecule has 5 heteroatoms. The van der Waals surface area contributed by atoms with Crippen molar-refractivity contribution in [3.05, 3.63) is 5.82 Å². The van der Waals surface area contributed by atoms with E-state index in [1.54, 1.807) is 0 Å². The van der Waals surface area contributed by atoms with Crippen LogP contribution < -0.4 is 10.6 Å². The molecule has 5 nitrogen and oxygen atoms in total. The molecule has 1 saturated carbocycles. The molecule has 1 saturated heterocycles. The van der Waals surface area contributed by atoms with Crippen molar-refractivity contribution < 1.29 is 4.52 Å². The first kappa shape index (κ1) is 8.23. The van der Waals surface area contributed by atoms with Gasteiger partial charge in [-0.3, -0.25) is 0 Å². The maximum absolute atomic E-state index is 5.13. The summed E-state index contributed by atoms with van der Waals surface area (Å²) in [5, 5.41) is 10.5. The lowest BCUT2D eigenvalue weighted by molar-refractivity contribution is 0.419. The van der Waals surface area contributed by atoms with Gasteiger partial charge in [0.1, 0.15) is 0 Å². The van der Waals surface area contributed by atoms with Crippen LogP contribution in [0.25, 0.3) is 0 Å². The van der Waals surface area contributed by atoms with E-state index in [1.165, 1.54) is 12.8 Å². The van der Waals surface area contributed by atoms with Gasteiger partial charge in [-0.25, -0.2) is 0 Å². The van der Waals surface area contributed by atoms with Crippen LogP contribution in [0.5, 0.6) is 0 Å². The lowest BCUT2D eigenvalue weighted by Crippen LogP contribution is -2.22. The number of aromatic nitrogens is 2. The fourth-order valence-electron chi connectivity index (χ4n) is 1.75. The van der Waals surface area contributed by atoms with Crippen molar-refractivity contribution in [3.63, 3.8) is 0 Å². The summed E-state index contributed by atoms with van der Waals surface area (Å²) in [6.45, 7) is 2.06. The summed E-state index contributed by atoms with van der Waals surface area (Å²) >= 11 is 0. The molecule has 0 aromatic carbocycles. The minimum Gasteiger partial charge on any atom is -0.334 e. The predicted molar refractivity (Wildman–Crippen MR) is 51.2 cm³/mol. The molecular weight excluding hydrogens is 180 g/mol. The maximum Gasteiger partial charge on any atom is 0.321 e. The second-order valence-corrected chi connectivity index (χ2v) is 4.07. The van der Waals surface area contributed by atoms with Crippen molar-refractivity contribution in [3.8, 4) is 0 Å². The Kier molecular flexibility index (Phi) is 1.90. The SMILES string of the molecule is C1CC(Nc2nc(C3CC3)no2)CN1. The van der Waals surface area contributed by atoms with Gasteiger partial charge >= 0.3 is 6.01 Å². The average molecular weight is 194 g/mol. The van der Waals surface area contributed by atoms with Gasteiger partial charge in [0, 0.05) is 18.5 Å². The molecule has 0 spiro atoms. The largest absolute Gasteiger partial charge is 0.334 e. The Hall–Kier alpha value is -1.10. The Morgan fingerprint density at radius 1 is 1.36 bits per heavy atom. The summed E-state index contributed by atoms with van der Waals surface area (Å²) < 4.78 is 5.13. The molecule has 2 heterocycles. The van der Waals surface area contributed by atoms with E-state index in [0.717, 1.165) is 25.3 Å². The highest BCUT2D eigenvalue weighted by Crippen LogP contribution is 2.38. The quantitative estimate of drug-likeness (QED) is 0.742. The van der Waals surface area contributed by atoms with E-state index in [-0.39, 0.29) is 0 Å².